The Morgan fingerprint density at radius 2 is 0.700 bits per heavy atom. The molecule has 2 aliphatic carbocycles. The first-order chi connectivity index (χ1) is 21.5. The summed E-state index contributed by atoms with van der Waals surface area (Å²) in [5, 5.41) is 0. The third-order valence-corrected chi connectivity index (χ3v) is 13.3. The molecule has 0 saturated heterocycles. The average molecular weight is 713 g/mol. The molecule has 50 heavy (non-hydrogen) atoms. The number of hydrogen-bond acceptors (Lipinski definition) is 0. The molecular formula is C50H112. The van der Waals surface area contributed by atoms with Crippen LogP contribution in [-0.2, 0) is 0 Å². The minimum absolute atomic E-state index is 0. The van der Waals surface area contributed by atoms with Gasteiger partial charge in [0.05, 0.1) is 0 Å². The Morgan fingerprint density at radius 1 is 0.480 bits per heavy atom. The van der Waals surface area contributed by atoms with E-state index in [2.05, 4.69) is 194 Å². The highest BCUT2D eigenvalue weighted by atomic mass is 14.4. The summed E-state index contributed by atoms with van der Waals surface area (Å²) in [7, 11) is 0. The summed E-state index contributed by atoms with van der Waals surface area (Å²) in [6, 6.07) is 0. The first kappa shape index (κ1) is 62.0. The third kappa shape index (κ3) is 39.2. The summed E-state index contributed by atoms with van der Waals surface area (Å²) in [6.45, 7) is 63.8. The Kier molecular flexibility index (Phi) is 36.4. The Morgan fingerprint density at radius 3 is 0.780 bits per heavy atom. The fourth-order valence-corrected chi connectivity index (χ4v) is 3.17. The quantitative estimate of drug-likeness (QED) is 0.273. The predicted octanol–water partition coefficient (Wildman–Crippen LogP) is 19.1. The van der Waals surface area contributed by atoms with Crippen LogP contribution in [0.1, 0.15) is 253 Å². The van der Waals surface area contributed by atoms with E-state index in [-0.39, 0.29) is 7.43 Å². The van der Waals surface area contributed by atoms with Crippen molar-refractivity contribution < 1.29 is 0 Å². The topological polar surface area (TPSA) is 0 Å². The van der Waals surface area contributed by atoms with Gasteiger partial charge in [-0.25, -0.2) is 0 Å². The molecule has 2 aliphatic rings. The van der Waals surface area contributed by atoms with E-state index in [0.717, 1.165) is 47.3 Å². The summed E-state index contributed by atoms with van der Waals surface area (Å²) in [5.74, 6) is 7.00. The minimum atomic E-state index is 0. The van der Waals surface area contributed by atoms with Gasteiger partial charge < -0.3 is 0 Å². The lowest BCUT2D eigenvalue weighted by atomic mass is 9.70. The van der Waals surface area contributed by atoms with Crippen molar-refractivity contribution in [3.63, 3.8) is 0 Å². The second-order valence-electron chi connectivity index (χ2n) is 22.7. The zero-order valence-corrected chi connectivity index (χ0v) is 40.8. The van der Waals surface area contributed by atoms with Gasteiger partial charge in [-0.1, -0.05) is 240 Å². The average Bonchev–Trinajstić information content (AvgIpc) is 3.21. The van der Waals surface area contributed by atoms with Crippen LogP contribution in [-0.4, -0.2) is 0 Å². The van der Waals surface area contributed by atoms with Crippen molar-refractivity contribution in [3.05, 3.63) is 0 Å². The van der Waals surface area contributed by atoms with E-state index in [1.807, 2.05) is 0 Å². The van der Waals surface area contributed by atoms with Crippen LogP contribution in [0.2, 0.25) is 0 Å². The van der Waals surface area contributed by atoms with Crippen LogP contribution in [0.3, 0.4) is 0 Å². The van der Waals surface area contributed by atoms with Gasteiger partial charge in [0.1, 0.15) is 0 Å². The van der Waals surface area contributed by atoms with Gasteiger partial charge in [0, 0.05) is 0 Å². The third-order valence-electron chi connectivity index (χ3n) is 13.3. The molecule has 2 atom stereocenters. The second kappa shape index (κ2) is 29.4. The molecule has 312 valence electrons. The molecule has 0 aromatic rings. The van der Waals surface area contributed by atoms with Gasteiger partial charge in [-0.2, -0.15) is 0 Å². The molecule has 0 aromatic carbocycles. The van der Waals surface area contributed by atoms with Crippen LogP contribution in [0.15, 0.2) is 0 Å². The molecule has 0 heterocycles. The largest absolute Gasteiger partial charge is 0.0776 e. The Balaban J connectivity index is -0.000000114. The van der Waals surface area contributed by atoms with E-state index in [1.54, 1.807) is 0 Å². The van der Waals surface area contributed by atoms with Crippen molar-refractivity contribution in [2.45, 2.75) is 253 Å². The number of hydrogen-bond donors (Lipinski definition) is 0. The zero-order valence-electron chi connectivity index (χ0n) is 40.8. The molecule has 0 nitrogen and oxygen atoms in total. The molecule has 2 saturated carbocycles. The molecule has 0 radical (unpaired) electrons. The van der Waals surface area contributed by atoms with Gasteiger partial charge in [0.2, 0.25) is 0 Å². The Hall–Kier alpha value is 0. The SMILES string of the molecule is C.CC(C)(C)C(C)(C)C.CC(C)C(C)(C)C.CC(C)C(C)C.CC(C)C(C)C.CCC(C)C.C[C@@H]1CCCC1(C)C.C[C@@H]1CCCCC1(C)C. The Bertz CT molecular complexity index is 650. The highest BCUT2D eigenvalue weighted by molar-refractivity contribution is 4.81. The smallest absolute Gasteiger partial charge is 0.0329 e. The van der Waals surface area contributed by atoms with Gasteiger partial charge >= 0.3 is 0 Å². The summed E-state index contributed by atoms with van der Waals surface area (Å²) in [6.07, 6.45) is 11.5. The van der Waals surface area contributed by atoms with Crippen LogP contribution in [0, 0.1) is 74.4 Å². The van der Waals surface area contributed by atoms with Crippen molar-refractivity contribution in [1.29, 1.82) is 0 Å². The summed E-state index contributed by atoms with van der Waals surface area (Å²) in [5.41, 5.74) is 2.66. The monoisotopic (exact) mass is 713 g/mol. The van der Waals surface area contributed by atoms with Gasteiger partial charge in [-0.3, -0.25) is 0 Å². The summed E-state index contributed by atoms with van der Waals surface area (Å²) >= 11 is 0. The van der Waals surface area contributed by atoms with Crippen molar-refractivity contribution in [2.24, 2.45) is 74.4 Å². The molecule has 0 unspecified atom stereocenters. The molecular weight excluding hydrogens is 601 g/mol. The van der Waals surface area contributed by atoms with Crippen LogP contribution >= 0.6 is 0 Å². The van der Waals surface area contributed by atoms with E-state index < -0.39 is 0 Å². The van der Waals surface area contributed by atoms with Crippen molar-refractivity contribution in [2.75, 3.05) is 0 Å². The maximum atomic E-state index is 2.40. The lowest BCUT2D eigenvalue weighted by Gasteiger charge is -2.36. The van der Waals surface area contributed by atoms with Crippen molar-refractivity contribution in [1.82, 2.24) is 0 Å². The van der Waals surface area contributed by atoms with Crippen molar-refractivity contribution in [3.8, 4) is 0 Å². The fraction of sp³-hybridized carbons (Fsp3) is 1.00. The lowest BCUT2D eigenvalue weighted by molar-refractivity contribution is 0.154. The molecule has 0 amide bonds. The van der Waals surface area contributed by atoms with Gasteiger partial charge in [-0.15, -0.1) is 0 Å². The lowest BCUT2D eigenvalue weighted by Crippen LogP contribution is -2.25. The predicted molar refractivity (Wildman–Crippen MR) is 243 cm³/mol. The first-order valence-corrected chi connectivity index (χ1v) is 21.5. The fourth-order valence-electron chi connectivity index (χ4n) is 3.17. The van der Waals surface area contributed by atoms with Gasteiger partial charge in [0.15, 0.2) is 0 Å². The van der Waals surface area contributed by atoms with Crippen LogP contribution in [0.25, 0.3) is 0 Å². The number of rotatable bonds is 3. The highest BCUT2D eigenvalue weighted by Crippen LogP contribution is 2.42. The van der Waals surface area contributed by atoms with Crippen molar-refractivity contribution >= 4 is 0 Å². The molecule has 0 heteroatoms. The Labute approximate surface area is 326 Å². The maximum Gasteiger partial charge on any atom is -0.0329 e. The molecule has 2 rings (SSSR count). The van der Waals surface area contributed by atoms with Crippen LogP contribution in [0.5, 0.6) is 0 Å². The molecule has 0 bridgehead atoms. The molecule has 0 aliphatic heterocycles. The van der Waals surface area contributed by atoms with E-state index in [0.29, 0.717) is 27.1 Å². The zero-order chi connectivity index (χ0) is 40.8. The molecule has 2 fully saturated rings. The maximum absolute atomic E-state index is 2.40. The van der Waals surface area contributed by atoms with E-state index in [4.69, 9.17) is 0 Å². The molecule has 0 spiro atoms. The van der Waals surface area contributed by atoms with E-state index >= 15 is 0 Å². The minimum Gasteiger partial charge on any atom is -0.0776 e. The van der Waals surface area contributed by atoms with Gasteiger partial charge in [-0.05, 0) is 87.3 Å². The van der Waals surface area contributed by atoms with Crippen LogP contribution < -0.4 is 0 Å². The summed E-state index contributed by atoms with van der Waals surface area (Å²) < 4.78 is 0. The van der Waals surface area contributed by atoms with E-state index in [9.17, 15) is 0 Å². The van der Waals surface area contributed by atoms with Crippen LogP contribution in [0.4, 0.5) is 0 Å². The second-order valence-corrected chi connectivity index (χ2v) is 22.7. The normalized spacial score (nSPS) is 19.6. The van der Waals surface area contributed by atoms with E-state index in [1.165, 1.54) is 51.4 Å². The molecule has 0 aromatic heterocycles. The standard InChI is InChI=1S/C9H18.C8H16.C8H18.C7H16.2C6H14.C5H12.CH4/c1-8-6-4-5-7-9(8,2)3;1-7-5-4-6-8(7,2)3;1-7(2,3)8(4,5)6;1-6(2)7(3,4)5;2*1-5(2)6(3)4;1-4-5(2)3;/h8H,4-7H2,1-3H3;7H,4-6H2,1-3H3;1-6H3;6H,1-5H3;2*5-6H,1-4H3;5H,4H2,1-3H3;1H4/t8-;7-;;;;;;/m11....../s1. The van der Waals surface area contributed by atoms with Gasteiger partial charge in [0.25, 0.3) is 0 Å². The first-order valence-electron chi connectivity index (χ1n) is 21.5. The summed E-state index contributed by atoms with van der Waals surface area (Å²) in [4.78, 5) is 0. The molecule has 0 N–H and O–H groups in total. The highest BCUT2D eigenvalue weighted by Gasteiger charge is 2.30.